The zero-order valence-electron chi connectivity index (χ0n) is 23.4. The molecule has 13 heteroatoms. The van der Waals surface area contributed by atoms with E-state index in [2.05, 4.69) is 20.9 Å². The van der Waals surface area contributed by atoms with Crippen molar-refractivity contribution >= 4 is 40.8 Å². The molecule has 2 aromatic carbocycles. The standard InChI is InChI=1S/C31H28ClF2N5O5/c32-23-8-18-11-30(22-2-1-3-35-27(22)38-28(30)41)12-19(18)9-24(23)37-26(40)14-39-25(17-6-20(33)10-21(34)7-17)13-36-31(29(39)42)15-43-4-5-44-16-31/h1-3,6-10,25,36H,4-5,11-16H2,(H,37,40)(H,35,38,41)/t25-,30?/m0/s1. The number of aromatic nitrogens is 1. The summed E-state index contributed by atoms with van der Waals surface area (Å²) in [7, 11) is 0. The Morgan fingerprint density at radius 3 is 2.50 bits per heavy atom. The van der Waals surface area contributed by atoms with Crippen LogP contribution in [0.25, 0.3) is 0 Å². The third kappa shape index (κ3) is 4.82. The Bertz CT molecular complexity index is 1680. The second-order valence-electron chi connectivity index (χ2n) is 11.7. The number of nitrogens with zero attached hydrogens (tertiary/aromatic N) is 2. The van der Waals surface area contributed by atoms with E-state index in [0.29, 0.717) is 37.6 Å². The summed E-state index contributed by atoms with van der Waals surface area (Å²) < 4.78 is 39.6. The molecule has 7 rings (SSSR count). The van der Waals surface area contributed by atoms with Gasteiger partial charge >= 0.3 is 0 Å². The minimum Gasteiger partial charge on any atom is -0.376 e. The van der Waals surface area contributed by atoms with E-state index < -0.39 is 47.0 Å². The van der Waals surface area contributed by atoms with Crippen molar-refractivity contribution in [1.82, 2.24) is 15.2 Å². The highest BCUT2D eigenvalue weighted by Gasteiger charge is 2.52. The minimum atomic E-state index is -1.26. The summed E-state index contributed by atoms with van der Waals surface area (Å²) >= 11 is 6.61. The van der Waals surface area contributed by atoms with Crippen molar-refractivity contribution in [3.8, 4) is 0 Å². The maximum Gasteiger partial charge on any atom is 0.248 e. The van der Waals surface area contributed by atoms with Gasteiger partial charge in [-0.2, -0.15) is 0 Å². The molecule has 2 spiro atoms. The Balaban J connectivity index is 1.15. The normalized spacial score (nSPS) is 23.8. The number of nitrogens with one attached hydrogen (secondary N) is 3. The molecule has 2 saturated heterocycles. The molecule has 3 amide bonds. The van der Waals surface area contributed by atoms with Crippen LogP contribution in [-0.2, 0) is 42.1 Å². The molecule has 1 aromatic heterocycles. The van der Waals surface area contributed by atoms with Crippen molar-refractivity contribution in [3.63, 3.8) is 0 Å². The quantitative estimate of drug-likeness (QED) is 0.409. The maximum absolute atomic E-state index is 14.2. The van der Waals surface area contributed by atoms with Crippen LogP contribution in [0.15, 0.2) is 48.7 Å². The zero-order valence-corrected chi connectivity index (χ0v) is 24.2. The van der Waals surface area contributed by atoms with E-state index in [1.165, 1.54) is 4.90 Å². The molecular formula is C31H28ClF2N5O5. The molecule has 1 aliphatic carbocycles. The van der Waals surface area contributed by atoms with Crippen LogP contribution in [0.1, 0.15) is 28.3 Å². The first kappa shape index (κ1) is 28.8. The molecule has 0 saturated carbocycles. The number of piperazine rings is 1. The summed E-state index contributed by atoms with van der Waals surface area (Å²) in [5, 5.41) is 9.11. The highest BCUT2D eigenvalue weighted by molar-refractivity contribution is 6.34. The van der Waals surface area contributed by atoms with Gasteiger partial charge < -0.3 is 25.0 Å². The zero-order chi connectivity index (χ0) is 30.6. The van der Waals surface area contributed by atoms with Crippen LogP contribution in [0, 0.1) is 11.6 Å². The van der Waals surface area contributed by atoms with Crippen molar-refractivity contribution in [2.75, 3.05) is 50.2 Å². The van der Waals surface area contributed by atoms with E-state index in [1.807, 2.05) is 6.07 Å². The van der Waals surface area contributed by atoms with Crippen molar-refractivity contribution in [1.29, 1.82) is 0 Å². The van der Waals surface area contributed by atoms with E-state index in [1.54, 1.807) is 24.4 Å². The van der Waals surface area contributed by atoms with Gasteiger partial charge in [-0.25, -0.2) is 13.8 Å². The van der Waals surface area contributed by atoms with Crippen LogP contribution in [0.4, 0.5) is 20.3 Å². The van der Waals surface area contributed by atoms with E-state index in [4.69, 9.17) is 21.1 Å². The van der Waals surface area contributed by atoms with Gasteiger partial charge in [-0.15, -0.1) is 0 Å². The summed E-state index contributed by atoms with van der Waals surface area (Å²) in [6.07, 6.45) is 2.47. The van der Waals surface area contributed by atoms with Crippen molar-refractivity contribution in [2.24, 2.45) is 0 Å². The van der Waals surface area contributed by atoms with Crippen molar-refractivity contribution < 1.29 is 32.6 Å². The van der Waals surface area contributed by atoms with Crippen LogP contribution < -0.4 is 16.0 Å². The average molecular weight is 624 g/mol. The van der Waals surface area contributed by atoms with Gasteiger partial charge in [0.1, 0.15) is 29.5 Å². The van der Waals surface area contributed by atoms with E-state index in [-0.39, 0.29) is 36.3 Å². The number of benzene rings is 2. The summed E-state index contributed by atoms with van der Waals surface area (Å²) in [5.74, 6) is -2.24. The van der Waals surface area contributed by atoms with Crippen LogP contribution in [0.2, 0.25) is 5.02 Å². The minimum absolute atomic E-state index is 0.0127. The monoisotopic (exact) mass is 623 g/mol. The number of hydrogen-bond donors (Lipinski definition) is 3. The lowest BCUT2D eigenvalue weighted by molar-refractivity contribution is -0.151. The molecule has 10 nitrogen and oxygen atoms in total. The van der Waals surface area contributed by atoms with Crippen molar-refractivity contribution in [3.05, 3.63) is 87.6 Å². The highest BCUT2D eigenvalue weighted by Crippen LogP contribution is 2.48. The summed E-state index contributed by atoms with van der Waals surface area (Å²) in [5.41, 5.74) is 1.02. The number of rotatable bonds is 4. The molecule has 2 atom stereocenters. The molecule has 4 heterocycles. The molecule has 3 N–H and O–H groups in total. The van der Waals surface area contributed by atoms with Crippen LogP contribution >= 0.6 is 11.6 Å². The number of halogens is 3. The number of carbonyl (C=O) groups is 3. The molecule has 3 aromatic rings. The smallest absolute Gasteiger partial charge is 0.248 e. The van der Waals surface area contributed by atoms with Gasteiger partial charge in [0.2, 0.25) is 17.7 Å². The average Bonchev–Trinajstić information content (AvgIpc) is 3.36. The Morgan fingerprint density at radius 2 is 1.77 bits per heavy atom. The number of pyridine rings is 1. The van der Waals surface area contributed by atoms with Gasteiger partial charge in [0, 0.05) is 24.4 Å². The number of amides is 3. The Kier molecular flexibility index (Phi) is 7.12. The number of fused-ring (bicyclic) bond motifs is 3. The van der Waals surface area contributed by atoms with E-state index in [0.717, 1.165) is 34.9 Å². The highest BCUT2D eigenvalue weighted by atomic mass is 35.5. The van der Waals surface area contributed by atoms with Gasteiger partial charge in [0.25, 0.3) is 0 Å². The first-order chi connectivity index (χ1) is 21.2. The number of ether oxygens (including phenoxy) is 2. The summed E-state index contributed by atoms with van der Waals surface area (Å²) in [6, 6.07) is 9.36. The lowest BCUT2D eigenvalue weighted by Gasteiger charge is -2.45. The van der Waals surface area contributed by atoms with Crippen LogP contribution in [0.3, 0.4) is 0 Å². The van der Waals surface area contributed by atoms with Gasteiger partial charge in [0.15, 0.2) is 0 Å². The second-order valence-corrected chi connectivity index (χ2v) is 12.1. The first-order valence-corrected chi connectivity index (χ1v) is 14.6. The lowest BCUT2D eigenvalue weighted by atomic mass is 9.79. The van der Waals surface area contributed by atoms with Gasteiger partial charge in [-0.05, 0) is 59.9 Å². The maximum atomic E-state index is 14.2. The first-order valence-electron chi connectivity index (χ1n) is 14.2. The predicted octanol–water partition coefficient (Wildman–Crippen LogP) is 2.90. The Labute approximate surface area is 256 Å². The fourth-order valence-corrected chi connectivity index (χ4v) is 6.99. The third-order valence-corrected chi connectivity index (χ3v) is 9.18. The molecule has 0 radical (unpaired) electrons. The topological polar surface area (TPSA) is 122 Å². The Hall–Kier alpha value is -3.97. The summed E-state index contributed by atoms with van der Waals surface area (Å²) in [6.45, 7) is 0.311. The molecule has 0 bridgehead atoms. The van der Waals surface area contributed by atoms with Gasteiger partial charge in [-0.1, -0.05) is 17.7 Å². The van der Waals surface area contributed by atoms with Crippen molar-refractivity contribution in [2.45, 2.75) is 29.8 Å². The molecule has 228 valence electrons. The van der Waals surface area contributed by atoms with Crippen LogP contribution in [-0.4, -0.2) is 72.7 Å². The lowest BCUT2D eigenvalue weighted by Crippen LogP contribution is -2.69. The van der Waals surface area contributed by atoms with Crippen LogP contribution in [0.5, 0.6) is 0 Å². The second kappa shape index (κ2) is 10.9. The Morgan fingerprint density at radius 1 is 1.07 bits per heavy atom. The van der Waals surface area contributed by atoms with Gasteiger partial charge in [0.05, 0.1) is 48.6 Å². The molecular weight excluding hydrogens is 596 g/mol. The fourth-order valence-electron chi connectivity index (χ4n) is 6.75. The van der Waals surface area contributed by atoms with E-state index in [9.17, 15) is 23.2 Å². The number of carbonyl (C=O) groups excluding carboxylic acids is 3. The largest absolute Gasteiger partial charge is 0.376 e. The molecule has 2 fully saturated rings. The molecule has 44 heavy (non-hydrogen) atoms. The predicted molar refractivity (Wildman–Crippen MR) is 155 cm³/mol. The fraction of sp³-hybridized carbons (Fsp3) is 0.355. The molecule has 3 aliphatic heterocycles. The summed E-state index contributed by atoms with van der Waals surface area (Å²) in [4.78, 5) is 46.2. The van der Waals surface area contributed by atoms with Gasteiger partial charge in [-0.3, -0.25) is 19.7 Å². The molecule has 1 unspecified atom stereocenters. The number of anilines is 2. The van der Waals surface area contributed by atoms with E-state index >= 15 is 0 Å². The number of hydrogen-bond acceptors (Lipinski definition) is 7. The third-order valence-electron chi connectivity index (χ3n) is 8.87. The SMILES string of the molecule is O=C(CN1C(=O)C2(COCCOC2)NC[C@H]1c1cc(F)cc(F)c1)Nc1cc2c(cc1Cl)CC1(C2)C(=O)Nc2ncccc21. The molecule has 4 aliphatic rings.